The Balaban J connectivity index is 1.79. The molecule has 3 amide bonds. The van der Waals surface area contributed by atoms with Gasteiger partial charge < -0.3 is 19.7 Å². The summed E-state index contributed by atoms with van der Waals surface area (Å²) in [5.74, 6) is 1.30. The Hall–Kier alpha value is -3.59. The highest BCUT2D eigenvalue weighted by Crippen LogP contribution is 2.35. The summed E-state index contributed by atoms with van der Waals surface area (Å²) >= 11 is 0. The number of amides is 3. The van der Waals surface area contributed by atoms with Crippen molar-refractivity contribution in [2.24, 2.45) is 5.10 Å². The Labute approximate surface area is 199 Å². The first kappa shape index (κ1) is 23.6. The Morgan fingerprint density at radius 2 is 1.76 bits per heavy atom. The van der Waals surface area contributed by atoms with E-state index in [-0.39, 0.29) is 18.0 Å². The second kappa shape index (κ2) is 9.72. The largest absolute Gasteiger partial charge is 0.493 e. The van der Waals surface area contributed by atoms with Crippen LogP contribution in [-0.2, 0) is 11.2 Å². The minimum absolute atomic E-state index is 0.0788. The first-order valence-corrected chi connectivity index (χ1v) is 11.3. The molecular weight excluding hydrogens is 434 g/mol. The summed E-state index contributed by atoms with van der Waals surface area (Å²) in [6.45, 7) is 3.85. The van der Waals surface area contributed by atoms with E-state index in [9.17, 15) is 9.59 Å². The van der Waals surface area contributed by atoms with Gasteiger partial charge in [-0.25, -0.2) is 9.80 Å². The minimum atomic E-state index is -0.281. The molecule has 2 aliphatic rings. The maximum Gasteiger partial charge on any atom is 0.337 e. The van der Waals surface area contributed by atoms with Gasteiger partial charge in [0, 0.05) is 37.0 Å². The summed E-state index contributed by atoms with van der Waals surface area (Å²) in [4.78, 5) is 29.0. The number of hydrazone groups is 1. The molecule has 9 nitrogen and oxygen atoms in total. The zero-order valence-corrected chi connectivity index (χ0v) is 20.3. The number of carbonyl (C=O) groups is 2. The van der Waals surface area contributed by atoms with E-state index in [0.29, 0.717) is 36.7 Å². The summed E-state index contributed by atoms with van der Waals surface area (Å²) in [5.41, 5.74) is 4.22. The number of anilines is 1. The second-order valence-electron chi connectivity index (χ2n) is 8.60. The molecule has 0 aliphatic carbocycles. The number of benzene rings is 2. The predicted molar refractivity (Wildman–Crippen MR) is 131 cm³/mol. The third-order valence-electron chi connectivity index (χ3n) is 6.29. The van der Waals surface area contributed by atoms with Gasteiger partial charge in [-0.2, -0.15) is 5.10 Å². The van der Waals surface area contributed by atoms with Crippen LogP contribution in [0, 0.1) is 0 Å². The summed E-state index contributed by atoms with van der Waals surface area (Å²) in [6.07, 6.45) is 0.601. The van der Waals surface area contributed by atoms with Crippen molar-refractivity contribution in [3.05, 3.63) is 53.1 Å². The molecule has 2 aromatic carbocycles. The van der Waals surface area contributed by atoms with Gasteiger partial charge in [-0.15, -0.1) is 0 Å². The average Bonchev–Trinajstić information content (AvgIpc) is 2.98. The molecule has 0 saturated carbocycles. The van der Waals surface area contributed by atoms with E-state index in [1.807, 2.05) is 55.3 Å². The molecule has 0 bridgehead atoms. The topological polar surface area (TPSA) is 86.7 Å². The minimum Gasteiger partial charge on any atom is -0.493 e. The van der Waals surface area contributed by atoms with Gasteiger partial charge in [0.2, 0.25) is 5.91 Å². The quantitative estimate of drug-likeness (QED) is 0.749. The number of nitrogens with one attached hydrogen (secondary N) is 1. The fourth-order valence-corrected chi connectivity index (χ4v) is 4.41. The third kappa shape index (κ3) is 4.43. The second-order valence-corrected chi connectivity index (χ2v) is 8.60. The van der Waals surface area contributed by atoms with Crippen molar-refractivity contribution in [2.75, 3.05) is 52.8 Å². The van der Waals surface area contributed by atoms with Crippen LogP contribution in [0.5, 0.6) is 11.5 Å². The summed E-state index contributed by atoms with van der Waals surface area (Å²) < 4.78 is 11.1. The van der Waals surface area contributed by atoms with E-state index < -0.39 is 0 Å². The van der Waals surface area contributed by atoms with Gasteiger partial charge in [0.05, 0.1) is 32.5 Å². The van der Waals surface area contributed by atoms with E-state index in [1.165, 1.54) is 5.01 Å². The first-order valence-electron chi connectivity index (χ1n) is 11.3. The number of fused-ring (bicyclic) bond motifs is 1. The smallest absolute Gasteiger partial charge is 0.337 e. The Morgan fingerprint density at radius 3 is 2.38 bits per heavy atom. The van der Waals surface area contributed by atoms with Gasteiger partial charge in [-0.1, -0.05) is 12.1 Å². The van der Waals surface area contributed by atoms with Gasteiger partial charge in [0.15, 0.2) is 11.5 Å². The van der Waals surface area contributed by atoms with Crippen molar-refractivity contribution >= 4 is 23.3 Å². The number of likely N-dealkylation sites (N-methyl/N-ethyl adjacent to an activating group) is 1. The average molecular weight is 466 g/mol. The van der Waals surface area contributed by atoms with Crippen molar-refractivity contribution in [1.29, 1.82) is 0 Å². The van der Waals surface area contributed by atoms with Crippen LogP contribution >= 0.6 is 0 Å². The number of hydrogen-bond acceptors (Lipinski definition) is 6. The lowest BCUT2D eigenvalue weighted by Crippen LogP contribution is -2.48. The van der Waals surface area contributed by atoms with Gasteiger partial charge in [-0.05, 0) is 50.2 Å². The molecule has 0 spiro atoms. The molecule has 0 unspecified atom stereocenters. The molecule has 1 N–H and O–H groups in total. The predicted octanol–water partition coefficient (Wildman–Crippen LogP) is 2.32. The normalized spacial score (nSPS) is 18.7. The summed E-state index contributed by atoms with van der Waals surface area (Å²) in [5, 5.41) is 8.95. The van der Waals surface area contributed by atoms with Crippen molar-refractivity contribution in [3.8, 4) is 11.5 Å². The fraction of sp³-hybridized carbons (Fsp3) is 0.400. The van der Waals surface area contributed by atoms with E-state index in [1.54, 1.807) is 26.2 Å². The van der Waals surface area contributed by atoms with Crippen LogP contribution < -0.4 is 19.7 Å². The molecule has 1 saturated heterocycles. The highest BCUT2D eigenvalue weighted by atomic mass is 16.5. The third-order valence-corrected chi connectivity index (χ3v) is 6.29. The summed E-state index contributed by atoms with van der Waals surface area (Å²) in [6, 6.07) is 11.2. The molecule has 34 heavy (non-hydrogen) atoms. The Morgan fingerprint density at radius 1 is 1.09 bits per heavy atom. The number of ether oxygens (including phenoxy) is 2. The van der Waals surface area contributed by atoms with Gasteiger partial charge >= 0.3 is 6.03 Å². The SMILES string of the molecule is CNC(=O)N1N=C(c2ccc(N3CCN(C)CC3=O)cc2)c2cc(OC)c(OC)cc2C[C@@H]1C. The van der Waals surface area contributed by atoms with Crippen LogP contribution in [0.4, 0.5) is 10.5 Å². The number of urea groups is 1. The molecule has 2 aliphatic heterocycles. The van der Waals surface area contributed by atoms with Crippen molar-refractivity contribution in [3.63, 3.8) is 0 Å². The van der Waals surface area contributed by atoms with Crippen LogP contribution in [0.25, 0.3) is 0 Å². The van der Waals surface area contributed by atoms with Gasteiger partial charge in [0.25, 0.3) is 0 Å². The molecule has 4 rings (SSSR count). The zero-order chi connectivity index (χ0) is 24.4. The highest BCUT2D eigenvalue weighted by molar-refractivity contribution is 6.14. The number of carbonyl (C=O) groups excluding carboxylic acids is 2. The maximum atomic E-state index is 12.6. The van der Waals surface area contributed by atoms with Crippen LogP contribution in [0.3, 0.4) is 0 Å². The van der Waals surface area contributed by atoms with Gasteiger partial charge in [-0.3, -0.25) is 9.69 Å². The molecule has 2 heterocycles. The van der Waals surface area contributed by atoms with Crippen molar-refractivity contribution in [2.45, 2.75) is 19.4 Å². The van der Waals surface area contributed by atoms with Crippen LogP contribution in [0.15, 0.2) is 41.5 Å². The molecule has 0 radical (unpaired) electrons. The Bertz CT molecular complexity index is 1120. The van der Waals surface area contributed by atoms with Crippen molar-refractivity contribution < 1.29 is 19.1 Å². The van der Waals surface area contributed by atoms with E-state index >= 15 is 0 Å². The number of piperazine rings is 1. The molecular formula is C25H31N5O4. The van der Waals surface area contributed by atoms with E-state index in [0.717, 1.165) is 28.9 Å². The number of hydrogen-bond donors (Lipinski definition) is 1. The molecule has 1 fully saturated rings. The molecule has 180 valence electrons. The zero-order valence-electron chi connectivity index (χ0n) is 20.3. The maximum absolute atomic E-state index is 12.6. The fourth-order valence-electron chi connectivity index (χ4n) is 4.41. The number of rotatable bonds is 4. The van der Waals surface area contributed by atoms with Gasteiger partial charge in [0.1, 0.15) is 0 Å². The van der Waals surface area contributed by atoms with Crippen LogP contribution in [0.2, 0.25) is 0 Å². The van der Waals surface area contributed by atoms with E-state index in [2.05, 4.69) is 5.32 Å². The lowest BCUT2D eigenvalue weighted by Gasteiger charge is -2.32. The molecule has 9 heteroatoms. The standard InChI is InChI=1S/C25H31N5O4/c1-16-12-18-13-21(33-4)22(34-5)14-20(18)24(27-30(16)25(32)26-2)17-6-8-19(9-7-17)29-11-10-28(3)15-23(29)31/h6-9,13-14,16H,10-12,15H2,1-5H3,(H,26,32)/t16-/m0/s1. The lowest BCUT2D eigenvalue weighted by atomic mass is 9.94. The lowest BCUT2D eigenvalue weighted by molar-refractivity contribution is -0.120. The molecule has 0 aromatic heterocycles. The van der Waals surface area contributed by atoms with Crippen LogP contribution in [0.1, 0.15) is 23.6 Å². The summed E-state index contributed by atoms with van der Waals surface area (Å²) in [7, 11) is 6.74. The highest BCUT2D eigenvalue weighted by Gasteiger charge is 2.29. The Kier molecular flexibility index (Phi) is 6.74. The first-order chi connectivity index (χ1) is 16.4. The molecule has 1 atom stereocenters. The van der Waals surface area contributed by atoms with Crippen LogP contribution in [-0.4, -0.2) is 81.5 Å². The van der Waals surface area contributed by atoms with Crippen molar-refractivity contribution in [1.82, 2.24) is 15.2 Å². The number of methoxy groups -OCH3 is 2. The number of nitrogens with zero attached hydrogens (tertiary/aromatic N) is 4. The molecule has 2 aromatic rings. The monoisotopic (exact) mass is 465 g/mol. The van der Waals surface area contributed by atoms with E-state index in [4.69, 9.17) is 14.6 Å².